The molecule has 1 aromatic heterocycles. The van der Waals surface area contributed by atoms with Crippen LogP contribution in [0, 0.1) is 0 Å². The Morgan fingerprint density at radius 1 is 1.06 bits per heavy atom. The summed E-state index contributed by atoms with van der Waals surface area (Å²) >= 11 is 0. The van der Waals surface area contributed by atoms with Crippen molar-refractivity contribution in [2.75, 3.05) is 19.8 Å². The summed E-state index contributed by atoms with van der Waals surface area (Å²) in [5.74, 6) is 0.659. The molecule has 1 unspecified atom stereocenters. The molecule has 0 bridgehead atoms. The molecule has 8 heteroatoms. The summed E-state index contributed by atoms with van der Waals surface area (Å²) in [5.41, 5.74) is 1.15. The highest BCUT2D eigenvalue weighted by atomic mass is 16.5. The minimum absolute atomic E-state index is 0.280. The summed E-state index contributed by atoms with van der Waals surface area (Å²) in [6, 6.07) is 13.9. The van der Waals surface area contributed by atoms with Crippen molar-refractivity contribution in [3.8, 4) is 11.5 Å². The Morgan fingerprint density at radius 2 is 1.85 bits per heavy atom. The lowest BCUT2D eigenvalue weighted by Crippen LogP contribution is -2.34. The lowest BCUT2D eigenvalue weighted by atomic mass is 10.1. The maximum atomic E-state index is 12.7. The van der Waals surface area contributed by atoms with Gasteiger partial charge in [0.05, 0.1) is 18.8 Å². The molecule has 1 amide bonds. The van der Waals surface area contributed by atoms with Crippen LogP contribution in [0.3, 0.4) is 0 Å². The topological polar surface area (TPSA) is 91.7 Å². The van der Waals surface area contributed by atoms with Gasteiger partial charge in [0.25, 0.3) is 5.91 Å². The van der Waals surface area contributed by atoms with E-state index in [-0.39, 0.29) is 5.56 Å². The number of esters is 1. The van der Waals surface area contributed by atoms with E-state index in [0.29, 0.717) is 30.5 Å². The highest BCUT2D eigenvalue weighted by molar-refractivity contribution is 5.92. The average molecular weight is 466 g/mol. The molecular formula is C26H31N3O5. The molecule has 0 aliphatic rings. The first-order chi connectivity index (χ1) is 16.5. The normalized spacial score (nSPS) is 11.5. The fraction of sp³-hybridized carbons (Fsp3) is 0.346. The van der Waals surface area contributed by atoms with E-state index in [9.17, 15) is 9.59 Å². The Kier molecular flexibility index (Phi) is 9.08. The summed E-state index contributed by atoms with van der Waals surface area (Å²) in [6.07, 6.45) is 5.42. The third kappa shape index (κ3) is 6.60. The van der Waals surface area contributed by atoms with E-state index in [4.69, 9.17) is 14.2 Å². The molecule has 0 spiro atoms. The summed E-state index contributed by atoms with van der Waals surface area (Å²) < 4.78 is 18.5. The van der Waals surface area contributed by atoms with Crippen LogP contribution in [0.2, 0.25) is 0 Å². The van der Waals surface area contributed by atoms with Crippen molar-refractivity contribution in [2.24, 2.45) is 7.05 Å². The van der Waals surface area contributed by atoms with E-state index < -0.39 is 24.5 Å². The van der Waals surface area contributed by atoms with E-state index in [1.165, 1.54) is 0 Å². The van der Waals surface area contributed by atoms with Crippen LogP contribution in [0.15, 0.2) is 60.9 Å². The van der Waals surface area contributed by atoms with Gasteiger partial charge in [0.15, 0.2) is 18.1 Å². The number of nitrogens with zero attached hydrogens (tertiary/aromatic N) is 2. The first-order valence-electron chi connectivity index (χ1n) is 11.4. The number of unbranched alkanes of at least 4 members (excludes halogenated alkanes) is 1. The number of imidazole rings is 1. The Hall–Kier alpha value is -3.81. The summed E-state index contributed by atoms with van der Waals surface area (Å²) in [4.78, 5) is 29.6. The quantitative estimate of drug-likeness (QED) is 0.320. The van der Waals surface area contributed by atoms with Crippen LogP contribution in [0.1, 0.15) is 54.5 Å². The minimum atomic E-state index is -0.621. The van der Waals surface area contributed by atoms with Gasteiger partial charge in [0.1, 0.15) is 11.9 Å². The van der Waals surface area contributed by atoms with Crippen molar-refractivity contribution in [1.82, 2.24) is 14.9 Å². The Bertz CT molecular complexity index is 1080. The first-order valence-corrected chi connectivity index (χ1v) is 11.4. The largest absolute Gasteiger partial charge is 0.490 e. The zero-order chi connectivity index (χ0) is 24.3. The molecule has 180 valence electrons. The summed E-state index contributed by atoms with van der Waals surface area (Å²) in [6.45, 7) is 4.51. The predicted octanol–water partition coefficient (Wildman–Crippen LogP) is 4.06. The number of hydrogen-bond acceptors (Lipinski definition) is 6. The zero-order valence-corrected chi connectivity index (χ0v) is 19.8. The van der Waals surface area contributed by atoms with Gasteiger partial charge in [-0.25, -0.2) is 9.78 Å². The Morgan fingerprint density at radius 3 is 2.53 bits per heavy atom. The lowest BCUT2D eigenvalue weighted by molar-refractivity contribution is -0.124. The van der Waals surface area contributed by atoms with Crippen molar-refractivity contribution in [2.45, 2.75) is 32.7 Å². The number of rotatable bonds is 12. The van der Waals surface area contributed by atoms with Gasteiger partial charge in [-0.2, -0.15) is 0 Å². The van der Waals surface area contributed by atoms with E-state index in [2.05, 4.69) is 17.2 Å². The molecule has 2 aromatic carbocycles. The summed E-state index contributed by atoms with van der Waals surface area (Å²) in [7, 11) is 1.86. The molecule has 3 aromatic rings. The van der Waals surface area contributed by atoms with Crippen molar-refractivity contribution in [3.05, 3.63) is 77.9 Å². The lowest BCUT2D eigenvalue weighted by Gasteiger charge is -2.19. The molecule has 3 rings (SSSR count). The number of carbonyl (C=O) groups is 2. The SMILES string of the molecule is CCCCOc1ccc(C(=O)OCC(=O)NC(c2ccccc2)c2nccn2C)cc1OCC. The van der Waals surface area contributed by atoms with Crippen molar-refractivity contribution in [1.29, 1.82) is 0 Å². The summed E-state index contributed by atoms with van der Waals surface area (Å²) in [5, 5.41) is 2.91. The second-order valence-electron chi connectivity index (χ2n) is 7.68. The molecule has 0 saturated heterocycles. The van der Waals surface area contributed by atoms with Gasteiger partial charge >= 0.3 is 5.97 Å². The number of nitrogens with one attached hydrogen (secondary N) is 1. The molecule has 0 aliphatic carbocycles. The molecule has 8 nitrogen and oxygen atoms in total. The maximum Gasteiger partial charge on any atom is 0.338 e. The number of carbonyl (C=O) groups excluding carboxylic acids is 2. The monoisotopic (exact) mass is 465 g/mol. The van der Waals surface area contributed by atoms with E-state index in [1.807, 2.05) is 55.1 Å². The van der Waals surface area contributed by atoms with Crippen LogP contribution in [0.5, 0.6) is 11.5 Å². The first kappa shape index (κ1) is 24.8. The third-order valence-corrected chi connectivity index (χ3v) is 5.12. The van der Waals surface area contributed by atoms with Crippen LogP contribution in [-0.2, 0) is 16.6 Å². The Balaban J connectivity index is 1.65. The number of benzene rings is 2. The number of hydrogen-bond donors (Lipinski definition) is 1. The van der Waals surface area contributed by atoms with Crippen LogP contribution < -0.4 is 14.8 Å². The van der Waals surface area contributed by atoms with Gasteiger partial charge in [-0.3, -0.25) is 4.79 Å². The third-order valence-electron chi connectivity index (χ3n) is 5.12. The molecule has 0 saturated carbocycles. The van der Waals surface area contributed by atoms with Gasteiger partial charge in [-0.1, -0.05) is 43.7 Å². The van der Waals surface area contributed by atoms with E-state index in [0.717, 1.165) is 18.4 Å². The zero-order valence-electron chi connectivity index (χ0n) is 19.8. The van der Waals surface area contributed by atoms with E-state index >= 15 is 0 Å². The van der Waals surface area contributed by atoms with Crippen molar-refractivity contribution in [3.63, 3.8) is 0 Å². The van der Waals surface area contributed by atoms with Gasteiger partial charge in [0.2, 0.25) is 0 Å². The highest BCUT2D eigenvalue weighted by Crippen LogP contribution is 2.29. The number of amides is 1. The number of aromatic nitrogens is 2. The second kappa shape index (κ2) is 12.4. The average Bonchev–Trinajstić information content (AvgIpc) is 3.28. The van der Waals surface area contributed by atoms with Crippen molar-refractivity contribution < 1.29 is 23.8 Å². The van der Waals surface area contributed by atoms with Crippen LogP contribution in [0.4, 0.5) is 0 Å². The standard InChI is InChI=1S/C26H31N3O5/c1-4-6-16-33-21-13-12-20(17-22(21)32-5-2)26(31)34-18-23(30)28-24(19-10-8-7-9-11-19)25-27-14-15-29(25)3/h7-15,17,24H,4-6,16,18H2,1-3H3,(H,28,30). The molecule has 0 aliphatic heterocycles. The minimum Gasteiger partial charge on any atom is -0.490 e. The molecule has 1 N–H and O–H groups in total. The van der Waals surface area contributed by atoms with Gasteiger partial charge < -0.3 is 24.1 Å². The smallest absolute Gasteiger partial charge is 0.338 e. The van der Waals surface area contributed by atoms with E-state index in [1.54, 1.807) is 24.4 Å². The molecule has 1 heterocycles. The number of aryl methyl sites for hydroxylation is 1. The fourth-order valence-electron chi connectivity index (χ4n) is 3.36. The second-order valence-corrected chi connectivity index (χ2v) is 7.68. The predicted molar refractivity (Wildman–Crippen MR) is 128 cm³/mol. The molecular weight excluding hydrogens is 434 g/mol. The molecule has 0 radical (unpaired) electrons. The molecule has 34 heavy (non-hydrogen) atoms. The van der Waals surface area contributed by atoms with Gasteiger partial charge in [-0.15, -0.1) is 0 Å². The van der Waals surface area contributed by atoms with Gasteiger partial charge in [-0.05, 0) is 37.1 Å². The van der Waals surface area contributed by atoms with Gasteiger partial charge in [0, 0.05) is 19.4 Å². The molecule has 0 fully saturated rings. The van der Waals surface area contributed by atoms with Crippen LogP contribution in [0.25, 0.3) is 0 Å². The van der Waals surface area contributed by atoms with Crippen LogP contribution >= 0.6 is 0 Å². The van der Waals surface area contributed by atoms with Crippen molar-refractivity contribution >= 4 is 11.9 Å². The fourth-order valence-corrected chi connectivity index (χ4v) is 3.36. The highest BCUT2D eigenvalue weighted by Gasteiger charge is 2.22. The number of ether oxygens (including phenoxy) is 3. The maximum absolute atomic E-state index is 12.7. The van der Waals surface area contributed by atoms with Crippen LogP contribution in [-0.4, -0.2) is 41.2 Å². The Labute approximate surface area is 199 Å². The molecule has 1 atom stereocenters.